The lowest BCUT2D eigenvalue weighted by Gasteiger charge is -2.30. The maximum absolute atomic E-state index is 9.20. The zero-order valence-corrected chi connectivity index (χ0v) is 13.8. The molecule has 124 valence electrons. The molecule has 1 atom stereocenters. The summed E-state index contributed by atoms with van der Waals surface area (Å²) in [5.41, 5.74) is 1.28. The van der Waals surface area contributed by atoms with Gasteiger partial charge in [0.1, 0.15) is 12.4 Å². The molecule has 1 aromatic carbocycles. The molecule has 0 saturated heterocycles. The topological polar surface area (TPSA) is 50.7 Å². The molecule has 0 radical (unpaired) electrons. The Kier molecular flexibility index (Phi) is 7.16. The van der Waals surface area contributed by atoms with E-state index in [0.29, 0.717) is 37.8 Å². The van der Waals surface area contributed by atoms with Crippen LogP contribution in [-0.4, -0.2) is 38.1 Å². The minimum atomic E-state index is 0.337. The molecule has 4 nitrogen and oxygen atoms in total. The molecule has 22 heavy (non-hydrogen) atoms. The highest BCUT2D eigenvalue weighted by atomic mass is 16.5. The minimum absolute atomic E-state index is 0.337. The van der Waals surface area contributed by atoms with Gasteiger partial charge in [-0.2, -0.15) is 0 Å². The number of rotatable bonds is 8. The fraction of sp³-hybridized carbons (Fsp3) is 0.667. The van der Waals surface area contributed by atoms with Gasteiger partial charge in [0.2, 0.25) is 0 Å². The molecule has 1 aliphatic carbocycles. The highest BCUT2D eigenvalue weighted by Crippen LogP contribution is 2.26. The highest BCUT2D eigenvalue weighted by Gasteiger charge is 2.21. The zero-order chi connectivity index (χ0) is 15.8. The first kappa shape index (κ1) is 17.3. The maximum atomic E-state index is 9.20. The molecule has 1 unspecified atom stereocenters. The molecule has 0 amide bonds. The summed E-state index contributed by atoms with van der Waals surface area (Å²) in [5.74, 6) is 1.40. The van der Waals surface area contributed by atoms with Crippen LogP contribution >= 0.6 is 0 Å². The van der Waals surface area contributed by atoms with E-state index in [9.17, 15) is 5.11 Å². The third-order valence-electron chi connectivity index (χ3n) is 4.53. The van der Waals surface area contributed by atoms with E-state index in [2.05, 4.69) is 24.4 Å². The van der Waals surface area contributed by atoms with E-state index in [-0.39, 0.29) is 0 Å². The Labute approximate surface area is 133 Å². The van der Waals surface area contributed by atoms with Crippen LogP contribution in [0.4, 0.5) is 0 Å². The van der Waals surface area contributed by atoms with Gasteiger partial charge >= 0.3 is 0 Å². The van der Waals surface area contributed by atoms with Crippen molar-refractivity contribution in [3.8, 4) is 5.75 Å². The SMILES string of the molecule is COCCOc1ccc(C(C)NC2CCC(CO)CC2)cc1. The number of aliphatic hydroxyl groups is 1. The maximum Gasteiger partial charge on any atom is 0.119 e. The van der Waals surface area contributed by atoms with Gasteiger partial charge in [-0.05, 0) is 56.2 Å². The second kappa shape index (κ2) is 9.13. The van der Waals surface area contributed by atoms with Crippen molar-refractivity contribution in [3.63, 3.8) is 0 Å². The standard InChI is InChI=1S/C18H29NO3/c1-14(19-17-7-3-15(13-20)4-8-17)16-5-9-18(10-6-16)22-12-11-21-2/h5-6,9-10,14-15,17,19-20H,3-4,7-8,11-13H2,1-2H3. The molecule has 0 aromatic heterocycles. The van der Waals surface area contributed by atoms with Gasteiger partial charge in [-0.25, -0.2) is 0 Å². The number of ether oxygens (including phenoxy) is 2. The lowest BCUT2D eigenvalue weighted by molar-refractivity contribution is 0.146. The van der Waals surface area contributed by atoms with Crippen LogP contribution in [-0.2, 0) is 4.74 Å². The number of benzene rings is 1. The van der Waals surface area contributed by atoms with E-state index in [0.717, 1.165) is 31.4 Å². The van der Waals surface area contributed by atoms with Crippen molar-refractivity contribution in [2.45, 2.75) is 44.7 Å². The predicted molar refractivity (Wildman–Crippen MR) is 88.2 cm³/mol. The third-order valence-corrected chi connectivity index (χ3v) is 4.53. The van der Waals surface area contributed by atoms with Crippen molar-refractivity contribution in [3.05, 3.63) is 29.8 Å². The van der Waals surface area contributed by atoms with Gasteiger partial charge in [0.25, 0.3) is 0 Å². The highest BCUT2D eigenvalue weighted by molar-refractivity contribution is 5.29. The number of methoxy groups -OCH3 is 1. The average molecular weight is 307 g/mol. The summed E-state index contributed by atoms with van der Waals surface area (Å²) in [4.78, 5) is 0. The van der Waals surface area contributed by atoms with Gasteiger partial charge in [0.05, 0.1) is 6.61 Å². The zero-order valence-electron chi connectivity index (χ0n) is 13.8. The molecule has 2 N–H and O–H groups in total. The molecule has 0 bridgehead atoms. The summed E-state index contributed by atoms with van der Waals surface area (Å²) in [5, 5.41) is 12.9. The van der Waals surface area contributed by atoms with Crippen molar-refractivity contribution < 1.29 is 14.6 Å². The largest absolute Gasteiger partial charge is 0.491 e. The Hall–Kier alpha value is -1.10. The average Bonchev–Trinajstić information content (AvgIpc) is 2.56. The summed E-state index contributed by atoms with van der Waals surface area (Å²) in [6.07, 6.45) is 4.59. The Morgan fingerprint density at radius 2 is 1.82 bits per heavy atom. The van der Waals surface area contributed by atoms with Crippen LogP contribution in [0.3, 0.4) is 0 Å². The van der Waals surface area contributed by atoms with Crippen LogP contribution in [0.25, 0.3) is 0 Å². The van der Waals surface area contributed by atoms with Crippen molar-refractivity contribution in [1.29, 1.82) is 0 Å². The second-order valence-electron chi connectivity index (χ2n) is 6.20. The number of hydrogen-bond donors (Lipinski definition) is 2. The first-order chi connectivity index (χ1) is 10.7. The summed E-state index contributed by atoms with van der Waals surface area (Å²) < 4.78 is 10.6. The monoisotopic (exact) mass is 307 g/mol. The molecular weight excluding hydrogens is 278 g/mol. The van der Waals surface area contributed by atoms with Gasteiger partial charge in [0.15, 0.2) is 0 Å². The third kappa shape index (κ3) is 5.27. The summed E-state index contributed by atoms with van der Waals surface area (Å²) >= 11 is 0. The van der Waals surface area contributed by atoms with Crippen LogP contribution in [0.1, 0.15) is 44.2 Å². The van der Waals surface area contributed by atoms with Gasteiger partial charge in [-0.3, -0.25) is 0 Å². The molecule has 0 spiro atoms. The Morgan fingerprint density at radius 3 is 2.41 bits per heavy atom. The second-order valence-corrected chi connectivity index (χ2v) is 6.20. The molecule has 4 heteroatoms. The van der Waals surface area contributed by atoms with Gasteiger partial charge in [0, 0.05) is 25.8 Å². The van der Waals surface area contributed by atoms with Gasteiger partial charge in [-0.15, -0.1) is 0 Å². The van der Waals surface area contributed by atoms with Crippen LogP contribution in [0.2, 0.25) is 0 Å². The normalized spacial score (nSPS) is 23.2. The smallest absolute Gasteiger partial charge is 0.119 e. The Morgan fingerprint density at radius 1 is 1.14 bits per heavy atom. The molecule has 1 fully saturated rings. The molecule has 0 aliphatic heterocycles. The van der Waals surface area contributed by atoms with E-state index in [1.54, 1.807) is 7.11 Å². The fourth-order valence-electron chi connectivity index (χ4n) is 3.06. The van der Waals surface area contributed by atoms with Crippen LogP contribution < -0.4 is 10.1 Å². The number of nitrogens with one attached hydrogen (secondary N) is 1. The molecule has 1 aromatic rings. The summed E-state index contributed by atoms with van der Waals surface area (Å²) in [6, 6.07) is 9.19. The Bertz CT molecular complexity index is 413. The van der Waals surface area contributed by atoms with Gasteiger partial charge in [-0.1, -0.05) is 12.1 Å². The minimum Gasteiger partial charge on any atom is -0.491 e. The molecule has 1 aliphatic rings. The lowest BCUT2D eigenvalue weighted by Crippen LogP contribution is -2.35. The van der Waals surface area contributed by atoms with Crippen LogP contribution in [0.15, 0.2) is 24.3 Å². The van der Waals surface area contributed by atoms with E-state index in [4.69, 9.17) is 9.47 Å². The summed E-state index contributed by atoms with van der Waals surface area (Å²) in [6.45, 7) is 3.74. The number of aliphatic hydroxyl groups excluding tert-OH is 1. The molecule has 1 saturated carbocycles. The number of hydrogen-bond acceptors (Lipinski definition) is 4. The Balaban J connectivity index is 1.78. The molecule has 0 heterocycles. The van der Waals surface area contributed by atoms with Crippen molar-refractivity contribution >= 4 is 0 Å². The lowest BCUT2D eigenvalue weighted by atomic mass is 9.86. The van der Waals surface area contributed by atoms with Crippen molar-refractivity contribution in [2.24, 2.45) is 5.92 Å². The van der Waals surface area contributed by atoms with E-state index >= 15 is 0 Å². The van der Waals surface area contributed by atoms with Gasteiger partial charge < -0.3 is 19.9 Å². The molecular formula is C18H29NO3. The van der Waals surface area contributed by atoms with E-state index in [1.165, 1.54) is 5.56 Å². The summed E-state index contributed by atoms with van der Waals surface area (Å²) in [7, 11) is 1.67. The van der Waals surface area contributed by atoms with Crippen molar-refractivity contribution in [2.75, 3.05) is 26.9 Å². The van der Waals surface area contributed by atoms with Crippen molar-refractivity contribution in [1.82, 2.24) is 5.32 Å². The van der Waals surface area contributed by atoms with E-state index < -0.39 is 0 Å². The first-order valence-corrected chi connectivity index (χ1v) is 8.31. The fourth-order valence-corrected chi connectivity index (χ4v) is 3.06. The van der Waals surface area contributed by atoms with Crippen LogP contribution in [0.5, 0.6) is 5.75 Å². The van der Waals surface area contributed by atoms with Crippen LogP contribution in [0, 0.1) is 5.92 Å². The molecule has 2 rings (SSSR count). The predicted octanol–water partition coefficient (Wildman–Crippen LogP) is 2.91. The quantitative estimate of drug-likeness (QED) is 0.725. The first-order valence-electron chi connectivity index (χ1n) is 8.31. The van der Waals surface area contributed by atoms with E-state index in [1.807, 2.05) is 12.1 Å².